The van der Waals surface area contributed by atoms with Gasteiger partial charge in [-0.25, -0.2) is 9.37 Å². The van der Waals surface area contributed by atoms with Crippen LogP contribution in [0.25, 0.3) is 33.5 Å². The molecule has 0 aliphatic carbocycles. The van der Waals surface area contributed by atoms with Crippen LogP contribution in [0.5, 0.6) is 11.5 Å². The summed E-state index contributed by atoms with van der Waals surface area (Å²) in [7, 11) is 1.52. The highest BCUT2D eigenvalue weighted by Gasteiger charge is 2.17. The van der Waals surface area contributed by atoms with E-state index in [0.717, 1.165) is 5.39 Å². The second-order valence-electron chi connectivity index (χ2n) is 8.91. The number of benzene rings is 4. The third-order valence-corrected chi connectivity index (χ3v) is 6.97. The van der Waals surface area contributed by atoms with Crippen LogP contribution in [0.2, 0.25) is 0 Å². The van der Waals surface area contributed by atoms with Crippen molar-refractivity contribution in [2.75, 3.05) is 7.11 Å². The van der Waals surface area contributed by atoms with Crippen LogP contribution >= 0.6 is 15.9 Å². The Morgan fingerprint density at radius 1 is 1.00 bits per heavy atom. The maximum absolute atomic E-state index is 13.5. The highest BCUT2D eigenvalue weighted by Crippen LogP contribution is 2.34. The lowest BCUT2D eigenvalue weighted by Gasteiger charge is -2.13. The van der Waals surface area contributed by atoms with Gasteiger partial charge in [-0.1, -0.05) is 42.5 Å². The molecule has 198 valence electrons. The molecule has 0 spiro atoms. The van der Waals surface area contributed by atoms with Crippen LogP contribution in [0, 0.1) is 5.82 Å². The Balaban J connectivity index is 1.39. The van der Waals surface area contributed by atoms with Gasteiger partial charge in [-0.2, -0.15) is 9.78 Å². The Bertz CT molecular complexity index is 1930. The predicted octanol–water partition coefficient (Wildman–Crippen LogP) is 7.18. The third-order valence-electron chi connectivity index (χ3n) is 6.28. The van der Waals surface area contributed by atoms with Crippen LogP contribution in [0.3, 0.4) is 0 Å². The lowest BCUT2D eigenvalue weighted by Crippen LogP contribution is -2.20. The first kappa shape index (κ1) is 25.5. The maximum Gasteiger partial charge on any atom is 0.282 e. The minimum atomic E-state index is -0.338. The van der Waals surface area contributed by atoms with Crippen molar-refractivity contribution >= 4 is 44.0 Å². The molecule has 0 saturated carbocycles. The Morgan fingerprint density at radius 3 is 2.65 bits per heavy atom. The van der Waals surface area contributed by atoms with E-state index in [1.807, 2.05) is 36.4 Å². The van der Waals surface area contributed by atoms with Gasteiger partial charge in [-0.3, -0.25) is 4.79 Å². The van der Waals surface area contributed by atoms with E-state index in [1.165, 1.54) is 30.1 Å². The summed E-state index contributed by atoms with van der Waals surface area (Å²) < 4.78 is 32.9. The molecule has 0 aliphatic rings. The number of methoxy groups -OCH3 is 1. The highest BCUT2D eigenvalue weighted by atomic mass is 79.9. The first-order valence-corrected chi connectivity index (χ1v) is 13.1. The fourth-order valence-electron chi connectivity index (χ4n) is 4.31. The molecule has 2 aromatic heterocycles. The summed E-state index contributed by atoms with van der Waals surface area (Å²) in [6.07, 6.45) is 1.53. The van der Waals surface area contributed by atoms with Crippen molar-refractivity contribution in [3.05, 3.63) is 123 Å². The molecular weight excluding hydrogens is 577 g/mol. The number of hydrogen-bond donors (Lipinski definition) is 0. The van der Waals surface area contributed by atoms with Crippen molar-refractivity contribution in [3.8, 4) is 23.1 Å². The standard InChI is InChI=1S/C31H21BrFN3O4/c1-38-27-15-21(24(32)16-28(27)39-18-19-7-6-9-22(33)13-19)17-34-36-30(29-14-20-8-2-5-12-26(20)40-29)35-25-11-4-3-10-23(25)31(36)37/h2-17H,18H2,1H3. The van der Waals surface area contributed by atoms with Gasteiger partial charge in [0.2, 0.25) is 5.82 Å². The molecular formula is C31H21BrFN3O4. The molecule has 7 nitrogen and oxygen atoms in total. The first-order valence-electron chi connectivity index (χ1n) is 12.3. The molecule has 9 heteroatoms. The summed E-state index contributed by atoms with van der Waals surface area (Å²) in [4.78, 5) is 18.3. The van der Waals surface area contributed by atoms with E-state index in [-0.39, 0.29) is 23.8 Å². The van der Waals surface area contributed by atoms with Crippen LogP contribution in [0.4, 0.5) is 4.39 Å². The van der Waals surface area contributed by atoms with Crippen molar-refractivity contribution in [1.82, 2.24) is 9.66 Å². The van der Waals surface area contributed by atoms with Crippen molar-refractivity contribution in [2.45, 2.75) is 6.61 Å². The van der Waals surface area contributed by atoms with Crippen molar-refractivity contribution in [1.29, 1.82) is 0 Å². The number of fused-ring (bicyclic) bond motifs is 2. The normalized spacial score (nSPS) is 11.5. The van der Waals surface area contributed by atoms with E-state index in [0.29, 0.717) is 49.3 Å². The summed E-state index contributed by atoms with van der Waals surface area (Å²) in [6, 6.07) is 26.2. The topological polar surface area (TPSA) is 78.9 Å². The molecule has 0 fully saturated rings. The first-order chi connectivity index (χ1) is 19.5. The van der Waals surface area contributed by atoms with Gasteiger partial charge in [-0.05, 0) is 70.0 Å². The van der Waals surface area contributed by atoms with Gasteiger partial charge in [0, 0.05) is 15.4 Å². The molecule has 0 aliphatic heterocycles. The Kier molecular flexibility index (Phi) is 6.88. The van der Waals surface area contributed by atoms with E-state index in [4.69, 9.17) is 18.9 Å². The Hall–Kier alpha value is -4.76. The van der Waals surface area contributed by atoms with E-state index in [2.05, 4.69) is 21.0 Å². The summed E-state index contributed by atoms with van der Waals surface area (Å²) in [5.74, 6) is 1.26. The quantitative estimate of drug-likeness (QED) is 0.182. The maximum atomic E-state index is 13.5. The third kappa shape index (κ3) is 4.99. The second kappa shape index (κ2) is 10.8. The number of rotatable bonds is 7. The molecule has 0 bridgehead atoms. The summed E-state index contributed by atoms with van der Waals surface area (Å²) in [5.41, 5.74) is 2.19. The molecule has 0 amide bonds. The SMILES string of the molecule is COc1cc(C=Nn2c(-c3cc4ccccc4o3)nc3ccccc3c2=O)c(Br)cc1OCc1cccc(F)c1. The molecule has 6 aromatic rings. The lowest BCUT2D eigenvalue weighted by atomic mass is 10.2. The molecule has 0 radical (unpaired) electrons. The molecule has 0 saturated heterocycles. The van der Waals surface area contributed by atoms with Crippen molar-refractivity contribution in [3.63, 3.8) is 0 Å². The lowest BCUT2D eigenvalue weighted by molar-refractivity contribution is 0.284. The number of ether oxygens (including phenoxy) is 2. The predicted molar refractivity (Wildman–Crippen MR) is 156 cm³/mol. The molecule has 2 heterocycles. The average molecular weight is 598 g/mol. The van der Waals surface area contributed by atoms with E-state index < -0.39 is 0 Å². The van der Waals surface area contributed by atoms with Crippen LogP contribution < -0.4 is 15.0 Å². The van der Waals surface area contributed by atoms with Gasteiger partial charge in [0.15, 0.2) is 17.3 Å². The monoisotopic (exact) mass is 597 g/mol. The molecule has 0 atom stereocenters. The molecule has 6 rings (SSSR count). The van der Waals surface area contributed by atoms with Crippen LogP contribution in [-0.2, 0) is 6.61 Å². The van der Waals surface area contributed by atoms with Crippen molar-refractivity contribution < 1.29 is 18.3 Å². The zero-order valence-electron chi connectivity index (χ0n) is 21.2. The van der Waals surface area contributed by atoms with Crippen molar-refractivity contribution in [2.24, 2.45) is 5.10 Å². The zero-order chi connectivity index (χ0) is 27.6. The van der Waals surface area contributed by atoms with Gasteiger partial charge in [0.05, 0.1) is 24.2 Å². The van der Waals surface area contributed by atoms with E-state index >= 15 is 0 Å². The number of nitrogens with zero attached hydrogens (tertiary/aromatic N) is 3. The van der Waals surface area contributed by atoms with Gasteiger partial charge in [-0.15, -0.1) is 0 Å². The highest BCUT2D eigenvalue weighted by molar-refractivity contribution is 9.10. The largest absolute Gasteiger partial charge is 0.493 e. The van der Waals surface area contributed by atoms with Gasteiger partial charge in [0.25, 0.3) is 5.56 Å². The average Bonchev–Trinajstić information content (AvgIpc) is 3.40. The van der Waals surface area contributed by atoms with E-state index in [1.54, 1.807) is 42.5 Å². The smallest absolute Gasteiger partial charge is 0.282 e. The molecule has 0 N–H and O–H groups in total. The van der Waals surface area contributed by atoms with Crippen LogP contribution in [-0.4, -0.2) is 23.0 Å². The minimum absolute atomic E-state index is 0.160. The summed E-state index contributed by atoms with van der Waals surface area (Å²) in [5, 5.41) is 5.84. The second-order valence-corrected chi connectivity index (χ2v) is 9.76. The molecule has 40 heavy (non-hydrogen) atoms. The summed E-state index contributed by atoms with van der Waals surface area (Å²) >= 11 is 3.56. The number of hydrogen-bond acceptors (Lipinski definition) is 6. The van der Waals surface area contributed by atoms with Gasteiger partial charge in [0.1, 0.15) is 18.0 Å². The molecule has 0 unspecified atom stereocenters. The summed E-state index contributed by atoms with van der Waals surface area (Å²) in [6.45, 7) is 0.160. The molecule has 4 aromatic carbocycles. The Morgan fingerprint density at radius 2 is 1.82 bits per heavy atom. The van der Waals surface area contributed by atoms with E-state index in [9.17, 15) is 9.18 Å². The van der Waals surface area contributed by atoms with Crippen LogP contribution in [0.1, 0.15) is 11.1 Å². The Labute approximate surface area is 236 Å². The van der Waals surface area contributed by atoms with Gasteiger partial charge < -0.3 is 13.9 Å². The fraction of sp³-hybridized carbons (Fsp3) is 0.0645. The number of furan rings is 1. The van der Waals surface area contributed by atoms with Crippen LogP contribution in [0.15, 0.2) is 110 Å². The zero-order valence-corrected chi connectivity index (χ0v) is 22.8. The number of aromatic nitrogens is 2. The number of halogens is 2. The fourth-order valence-corrected chi connectivity index (χ4v) is 4.74. The van der Waals surface area contributed by atoms with Gasteiger partial charge >= 0.3 is 0 Å². The number of para-hydroxylation sites is 2. The minimum Gasteiger partial charge on any atom is -0.493 e.